The van der Waals surface area contributed by atoms with Crippen LogP contribution in [-0.4, -0.2) is 49.9 Å². The van der Waals surface area contributed by atoms with Crippen molar-refractivity contribution >= 4 is 17.6 Å². The summed E-state index contributed by atoms with van der Waals surface area (Å²) in [7, 11) is 4.55. The van der Waals surface area contributed by atoms with Crippen LogP contribution in [0.3, 0.4) is 0 Å². The molecule has 168 valence electrons. The molecular weight excluding hydrogens is 422 g/mol. The average molecular weight is 445 g/mol. The minimum atomic E-state index is -1.04. The number of ketones is 1. The smallest absolute Gasteiger partial charge is 0.262 e. The molecule has 0 bridgehead atoms. The lowest BCUT2D eigenvalue weighted by Gasteiger charge is -2.25. The minimum absolute atomic E-state index is 0.155. The number of methoxy groups -OCH3 is 3. The maximum atomic E-state index is 13.7. The first kappa shape index (κ1) is 22.1. The first-order chi connectivity index (χ1) is 16.0. The van der Waals surface area contributed by atoms with Crippen LogP contribution in [0.15, 0.2) is 66.7 Å². The molecule has 1 aliphatic rings. The minimum Gasteiger partial charge on any atom is -0.497 e. The van der Waals surface area contributed by atoms with E-state index in [1.807, 2.05) is 12.1 Å². The molecule has 4 rings (SSSR count). The predicted molar refractivity (Wildman–Crippen MR) is 121 cm³/mol. The normalized spacial score (nSPS) is 13.5. The molecule has 1 heterocycles. The summed E-state index contributed by atoms with van der Waals surface area (Å²) in [5.74, 6) is 0.185. The van der Waals surface area contributed by atoms with E-state index in [2.05, 4.69) is 0 Å². The van der Waals surface area contributed by atoms with E-state index < -0.39 is 17.9 Å². The number of imide groups is 1. The Labute approximate surface area is 191 Å². The number of rotatable bonds is 8. The van der Waals surface area contributed by atoms with Crippen LogP contribution in [0.5, 0.6) is 17.2 Å². The van der Waals surface area contributed by atoms with Gasteiger partial charge in [0.25, 0.3) is 11.8 Å². The Hall–Kier alpha value is -4.13. The number of carbonyl (C=O) groups excluding carboxylic acids is 3. The summed E-state index contributed by atoms with van der Waals surface area (Å²) in [5.41, 5.74) is 1.68. The summed E-state index contributed by atoms with van der Waals surface area (Å²) in [5, 5.41) is 0. The molecule has 0 aromatic heterocycles. The van der Waals surface area contributed by atoms with Crippen molar-refractivity contribution in [2.24, 2.45) is 0 Å². The number of carbonyl (C=O) groups is 3. The third-order valence-electron chi connectivity index (χ3n) is 5.70. The highest BCUT2D eigenvalue weighted by molar-refractivity contribution is 6.23. The van der Waals surface area contributed by atoms with E-state index in [0.29, 0.717) is 33.9 Å². The summed E-state index contributed by atoms with van der Waals surface area (Å²) < 4.78 is 15.8. The van der Waals surface area contributed by atoms with E-state index in [1.54, 1.807) is 61.7 Å². The summed E-state index contributed by atoms with van der Waals surface area (Å²) in [6, 6.07) is 17.5. The fourth-order valence-electron chi connectivity index (χ4n) is 3.96. The number of hydrogen-bond donors (Lipinski definition) is 0. The number of nitrogens with zero attached hydrogens (tertiary/aromatic N) is 1. The molecule has 1 atom stereocenters. The van der Waals surface area contributed by atoms with Crippen molar-refractivity contribution in [1.82, 2.24) is 4.90 Å². The zero-order valence-electron chi connectivity index (χ0n) is 18.5. The molecule has 0 radical (unpaired) electrons. The predicted octanol–water partition coefficient (Wildman–Crippen LogP) is 3.80. The first-order valence-electron chi connectivity index (χ1n) is 10.3. The van der Waals surface area contributed by atoms with Crippen LogP contribution >= 0.6 is 0 Å². The number of fused-ring (bicyclic) bond motifs is 1. The number of amides is 2. The standard InChI is InChI=1S/C26H23NO6/c1-31-18-11-8-16(9-12-18)14-21(24(28)17-10-13-22(32-2)23(15-17)33-3)27-25(29)19-6-4-5-7-20(19)26(27)30/h4-13,15,21H,14H2,1-3H3. The van der Waals surface area contributed by atoms with Crippen LogP contribution in [0.25, 0.3) is 0 Å². The Morgan fingerprint density at radius 2 is 1.39 bits per heavy atom. The van der Waals surface area contributed by atoms with Gasteiger partial charge >= 0.3 is 0 Å². The molecule has 3 aromatic rings. The fourth-order valence-corrected chi connectivity index (χ4v) is 3.96. The van der Waals surface area contributed by atoms with Gasteiger partial charge in [-0.1, -0.05) is 24.3 Å². The van der Waals surface area contributed by atoms with Crippen LogP contribution in [0.4, 0.5) is 0 Å². The Kier molecular flexibility index (Phi) is 6.13. The molecule has 0 N–H and O–H groups in total. The first-order valence-corrected chi connectivity index (χ1v) is 10.3. The molecule has 7 heteroatoms. The average Bonchev–Trinajstić information content (AvgIpc) is 3.12. The lowest BCUT2D eigenvalue weighted by Crippen LogP contribution is -2.46. The van der Waals surface area contributed by atoms with E-state index in [9.17, 15) is 14.4 Å². The molecular formula is C26H23NO6. The van der Waals surface area contributed by atoms with Crippen LogP contribution in [0, 0.1) is 0 Å². The monoisotopic (exact) mass is 445 g/mol. The van der Waals surface area contributed by atoms with Crippen LogP contribution < -0.4 is 14.2 Å². The van der Waals surface area contributed by atoms with Crippen molar-refractivity contribution in [1.29, 1.82) is 0 Å². The van der Waals surface area contributed by atoms with Crippen LogP contribution in [-0.2, 0) is 6.42 Å². The highest BCUT2D eigenvalue weighted by Gasteiger charge is 2.42. The highest BCUT2D eigenvalue weighted by atomic mass is 16.5. The van der Waals surface area contributed by atoms with Crippen molar-refractivity contribution in [2.45, 2.75) is 12.5 Å². The van der Waals surface area contributed by atoms with Crippen molar-refractivity contribution in [3.05, 3.63) is 89.0 Å². The molecule has 1 unspecified atom stereocenters. The topological polar surface area (TPSA) is 82.1 Å². The fraction of sp³-hybridized carbons (Fsp3) is 0.192. The molecule has 1 aliphatic heterocycles. The van der Waals surface area contributed by atoms with Crippen molar-refractivity contribution in [3.8, 4) is 17.2 Å². The number of hydrogen-bond acceptors (Lipinski definition) is 6. The van der Waals surface area contributed by atoms with Crippen LogP contribution in [0.2, 0.25) is 0 Å². The molecule has 0 fully saturated rings. The van der Waals surface area contributed by atoms with Gasteiger partial charge in [0.05, 0.1) is 32.5 Å². The Balaban J connectivity index is 1.75. The molecule has 33 heavy (non-hydrogen) atoms. The maximum Gasteiger partial charge on any atom is 0.262 e. The second-order valence-corrected chi connectivity index (χ2v) is 7.53. The second-order valence-electron chi connectivity index (χ2n) is 7.53. The number of benzene rings is 3. The quantitative estimate of drug-likeness (QED) is 0.388. The molecule has 7 nitrogen and oxygen atoms in total. The largest absolute Gasteiger partial charge is 0.497 e. The van der Waals surface area contributed by atoms with E-state index >= 15 is 0 Å². The number of Topliss-reactive ketones (excluding diaryl/α,β-unsaturated/α-hetero) is 1. The van der Waals surface area contributed by atoms with Gasteiger partial charge in [-0.15, -0.1) is 0 Å². The van der Waals surface area contributed by atoms with Gasteiger partial charge in [0, 0.05) is 12.0 Å². The lowest BCUT2D eigenvalue weighted by atomic mass is 9.95. The van der Waals surface area contributed by atoms with E-state index in [0.717, 1.165) is 10.5 Å². The number of ether oxygens (including phenoxy) is 3. The van der Waals surface area contributed by atoms with Gasteiger partial charge < -0.3 is 14.2 Å². The Morgan fingerprint density at radius 1 is 0.788 bits per heavy atom. The Bertz CT molecular complexity index is 1180. The van der Waals surface area contributed by atoms with Gasteiger partial charge in [-0.05, 0) is 48.0 Å². The van der Waals surface area contributed by atoms with E-state index in [4.69, 9.17) is 14.2 Å². The van der Waals surface area contributed by atoms with Gasteiger partial charge in [-0.2, -0.15) is 0 Å². The summed E-state index contributed by atoms with van der Waals surface area (Å²) in [6.07, 6.45) is 0.155. The van der Waals surface area contributed by atoms with Crippen molar-refractivity contribution < 1.29 is 28.6 Å². The summed E-state index contributed by atoms with van der Waals surface area (Å²) >= 11 is 0. The third kappa shape index (κ3) is 4.05. The SMILES string of the molecule is COc1ccc(CC(C(=O)c2ccc(OC)c(OC)c2)N2C(=O)c3ccccc3C2=O)cc1. The van der Waals surface area contributed by atoms with Crippen molar-refractivity contribution in [3.63, 3.8) is 0 Å². The van der Waals surface area contributed by atoms with E-state index in [1.165, 1.54) is 14.2 Å². The second kappa shape index (κ2) is 9.16. The zero-order valence-corrected chi connectivity index (χ0v) is 18.5. The molecule has 0 spiro atoms. The van der Waals surface area contributed by atoms with Crippen molar-refractivity contribution in [2.75, 3.05) is 21.3 Å². The van der Waals surface area contributed by atoms with Gasteiger partial charge in [-0.25, -0.2) is 0 Å². The van der Waals surface area contributed by atoms with Crippen LogP contribution in [0.1, 0.15) is 36.6 Å². The molecule has 2 amide bonds. The highest BCUT2D eigenvalue weighted by Crippen LogP contribution is 2.31. The maximum absolute atomic E-state index is 13.7. The molecule has 3 aromatic carbocycles. The Morgan fingerprint density at radius 3 is 1.94 bits per heavy atom. The molecule has 0 aliphatic carbocycles. The van der Waals surface area contributed by atoms with Gasteiger partial charge in [-0.3, -0.25) is 19.3 Å². The van der Waals surface area contributed by atoms with Gasteiger partial charge in [0.2, 0.25) is 0 Å². The van der Waals surface area contributed by atoms with Gasteiger partial charge in [0.1, 0.15) is 11.8 Å². The van der Waals surface area contributed by atoms with Gasteiger partial charge in [0.15, 0.2) is 17.3 Å². The molecule has 0 saturated carbocycles. The summed E-state index contributed by atoms with van der Waals surface area (Å²) in [4.78, 5) is 41.1. The zero-order chi connectivity index (χ0) is 23.5. The molecule has 0 saturated heterocycles. The van der Waals surface area contributed by atoms with E-state index in [-0.39, 0.29) is 12.2 Å². The lowest BCUT2D eigenvalue weighted by molar-refractivity contribution is 0.0540. The third-order valence-corrected chi connectivity index (χ3v) is 5.70. The summed E-state index contributed by atoms with van der Waals surface area (Å²) in [6.45, 7) is 0.